The lowest BCUT2D eigenvalue weighted by atomic mass is 10.1. The number of carbonyl (C=O) groups excluding carboxylic acids is 2. The molecule has 1 aromatic heterocycles. The minimum absolute atomic E-state index is 0.00993. The van der Waals surface area contributed by atoms with E-state index in [-0.39, 0.29) is 36.6 Å². The maximum Gasteiger partial charge on any atom is 0.325 e. The van der Waals surface area contributed by atoms with Crippen molar-refractivity contribution in [3.63, 3.8) is 0 Å². The molecule has 7 nitrogen and oxygen atoms in total. The molecule has 114 valence electrons. The number of amides is 1. The average molecular weight is 305 g/mol. The van der Waals surface area contributed by atoms with Gasteiger partial charge < -0.3 is 9.15 Å². The number of rotatable bonds is 3. The Morgan fingerprint density at radius 1 is 1.36 bits per heavy atom. The second-order valence-electron chi connectivity index (χ2n) is 4.83. The van der Waals surface area contributed by atoms with Gasteiger partial charge in [-0.15, -0.1) is 5.10 Å². The van der Waals surface area contributed by atoms with Crippen molar-refractivity contribution in [3.05, 3.63) is 30.1 Å². The highest BCUT2D eigenvalue weighted by molar-refractivity contribution is 5.97. The lowest BCUT2D eigenvalue weighted by molar-refractivity contribution is -0.145. The molecule has 22 heavy (non-hydrogen) atoms. The number of hydrogen-bond donors (Lipinski definition) is 0. The molecule has 0 spiro atoms. The molecule has 2 aromatic rings. The van der Waals surface area contributed by atoms with Gasteiger partial charge in [0, 0.05) is 18.5 Å². The molecule has 1 amide bonds. The van der Waals surface area contributed by atoms with E-state index in [2.05, 4.69) is 14.9 Å². The van der Waals surface area contributed by atoms with Crippen molar-refractivity contribution in [1.82, 2.24) is 10.2 Å². The predicted octanol–water partition coefficient (Wildman–Crippen LogP) is 1.40. The first-order valence-electron chi connectivity index (χ1n) is 6.56. The van der Waals surface area contributed by atoms with E-state index < -0.39 is 11.9 Å². The maximum absolute atomic E-state index is 12.9. The molecule has 1 aliphatic rings. The van der Waals surface area contributed by atoms with Crippen molar-refractivity contribution in [2.45, 2.75) is 6.42 Å². The Morgan fingerprint density at radius 3 is 2.77 bits per heavy atom. The van der Waals surface area contributed by atoms with E-state index in [1.54, 1.807) is 0 Å². The summed E-state index contributed by atoms with van der Waals surface area (Å²) in [5.41, 5.74) is 0.538. The van der Waals surface area contributed by atoms with Gasteiger partial charge in [0.25, 0.3) is 0 Å². The van der Waals surface area contributed by atoms with Crippen LogP contribution in [0.25, 0.3) is 11.5 Å². The first-order chi connectivity index (χ1) is 10.6. The zero-order valence-electron chi connectivity index (χ0n) is 11.7. The third-order valence-electron chi connectivity index (χ3n) is 3.40. The van der Waals surface area contributed by atoms with E-state index in [4.69, 9.17) is 4.42 Å². The highest BCUT2D eigenvalue weighted by atomic mass is 19.1. The van der Waals surface area contributed by atoms with Crippen molar-refractivity contribution in [1.29, 1.82) is 0 Å². The van der Waals surface area contributed by atoms with Gasteiger partial charge in [-0.3, -0.25) is 14.5 Å². The zero-order chi connectivity index (χ0) is 15.7. The number of hydrogen-bond acceptors (Lipinski definition) is 6. The Balaban J connectivity index is 1.80. The van der Waals surface area contributed by atoms with Crippen LogP contribution in [0, 0.1) is 11.7 Å². The summed E-state index contributed by atoms with van der Waals surface area (Å²) in [5.74, 6) is -1.49. The zero-order valence-corrected chi connectivity index (χ0v) is 11.7. The van der Waals surface area contributed by atoms with Crippen LogP contribution in [0.5, 0.6) is 0 Å². The topological polar surface area (TPSA) is 85.5 Å². The summed E-state index contributed by atoms with van der Waals surface area (Å²) in [6.45, 7) is 0.135. The fraction of sp³-hybridized carbons (Fsp3) is 0.286. The highest BCUT2D eigenvalue weighted by Crippen LogP contribution is 2.27. The summed E-state index contributed by atoms with van der Waals surface area (Å²) in [6.07, 6.45) is 0.0426. The number of carbonyl (C=O) groups is 2. The molecule has 2 heterocycles. The van der Waals surface area contributed by atoms with Gasteiger partial charge in [-0.25, -0.2) is 4.39 Å². The molecule has 1 fully saturated rings. The molecule has 0 N–H and O–H groups in total. The second-order valence-corrected chi connectivity index (χ2v) is 4.83. The summed E-state index contributed by atoms with van der Waals surface area (Å²) in [4.78, 5) is 24.7. The van der Waals surface area contributed by atoms with Crippen LogP contribution in [0.1, 0.15) is 6.42 Å². The second kappa shape index (κ2) is 5.55. The number of ether oxygens (including phenoxy) is 1. The molecule has 0 aliphatic carbocycles. The Morgan fingerprint density at radius 2 is 2.09 bits per heavy atom. The molecule has 0 radical (unpaired) electrons. The van der Waals surface area contributed by atoms with Crippen LogP contribution >= 0.6 is 0 Å². The molecular formula is C14H12FN3O4. The van der Waals surface area contributed by atoms with E-state index >= 15 is 0 Å². The smallest absolute Gasteiger partial charge is 0.325 e. The van der Waals surface area contributed by atoms with Crippen molar-refractivity contribution in [2.75, 3.05) is 18.6 Å². The summed E-state index contributed by atoms with van der Waals surface area (Å²) in [6, 6.07) is 5.54. The lowest BCUT2D eigenvalue weighted by Crippen LogP contribution is -2.26. The third kappa shape index (κ3) is 2.54. The van der Waals surface area contributed by atoms with Crippen LogP contribution in [0.3, 0.4) is 0 Å². The highest BCUT2D eigenvalue weighted by Gasteiger charge is 2.38. The fourth-order valence-corrected chi connectivity index (χ4v) is 2.25. The number of halogens is 1. The number of methoxy groups -OCH3 is 1. The lowest BCUT2D eigenvalue weighted by Gasteiger charge is -2.09. The normalized spacial score (nSPS) is 17.8. The monoisotopic (exact) mass is 305 g/mol. The third-order valence-corrected chi connectivity index (χ3v) is 3.40. The Bertz CT molecular complexity index is 713. The Kier molecular flexibility index (Phi) is 3.58. The summed E-state index contributed by atoms with van der Waals surface area (Å²) in [7, 11) is 1.27. The fourth-order valence-electron chi connectivity index (χ4n) is 2.25. The molecule has 1 aromatic carbocycles. The molecule has 1 atom stereocenters. The predicted molar refractivity (Wildman–Crippen MR) is 72.2 cm³/mol. The number of esters is 1. The van der Waals surface area contributed by atoms with Crippen LogP contribution in [0.15, 0.2) is 28.7 Å². The maximum atomic E-state index is 12.9. The molecular weight excluding hydrogens is 293 g/mol. The van der Waals surface area contributed by atoms with Crippen molar-refractivity contribution < 1.29 is 23.1 Å². The summed E-state index contributed by atoms with van der Waals surface area (Å²) < 4.78 is 23.0. The van der Waals surface area contributed by atoms with E-state index in [1.807, 2.05) is 0 Å². The quantitative estimate of drug-likeness (QED) is 0.797. The molecule has 8 heteroatoms. The SMILES string of the molecule is COC(=O)C1CC(=O)N(c2nnc(-c3ccc(F)cc3)o2)C1. The number of nitrogens with zero attached hydrogens (tertiary/aromatic N) is 3. The van der Waals surface area contributed by atoms with Crippen LogP contribution in [0.2, 0.25) is 0 Å². The minimum Gasteiger partial charge on any atom is -0.469 e. The number of benzene rings is 1. The summed E-state index contributed by atoms with van der Waals surface area (Å²) >= 11 is 0. The van der Waals surface area contributed by atoms with E-state index in [0.29, 0.717) is 5.56 Å². The molecule has 0 saturated carbocycles. The van der Waals surface area contributed by atoms with Gasteiger partial charge in [0.2, 0.25) is 11.8 Å². The van der Waals surface area contributed by atoms with Gasteiger partial charge in [0.1, 0.15) is 5.82 Å². The van der Waals surface area contributed by atoms with Gasteiger partial charge in [-0.1, -0.05) is 5.10 Å². The standard InChI is InChI=1S/C14H12FN3O4/c1-21-13(20)9-6-11(19)18(7-9)14-17-16-12(22-14)8-2-4-10(15)5-3-8/h2-5,9H,6-7H2,1H3. The van der Waals surface area contributed by atoms with Crippen LogP contribution in [0.4, 0.5) is 10.4 Å². The van der Waals surface area contributed by atoms with Crippen molar-refractivity contribution >= 4 is 17.9 Å². The van der Waals surface area contributed by atoms with Gasteiger partial charge in [-0.05, 0) is 24.3 Å². The first-order valence-corrected chi connectivity index (χ1v) is 6.56. The van der Waals surface area contributed by atoms with Gasteiger partial charge >= 0.3 is 12.0 Å². The molecule has 1 unspecified atom stereocenters. The van der Waals surface area contributed by atoms with Gasteiger partial charge in [-0.2, -0.15) is 0 Å². The molecule has 3 rings (SSSR count). The molecule has 1 aliphatic heterocycles. The average Bonchev–Trinajstić information content (AvgIpc) is 3.14. The van der Waals surface area contributed by atoms with E-state index in [9.17, 15) is 14.0 Å². The largest absolute Gasteiger partial charge is 0.469 e. The van der Waals surface area contributed by atoms with Gasteiger partial charge in [0.15, 0.2) is 0 Å². The van der Waals surface area contributed by atoms with E-state index in [0.717, 1.165) is 0 Å². The molecule has 0 bridgehead atoms. The number of aromatic nitrogens is 2. The number of anilines is 1. The first kappa shape index (κ1) is 14.2. The van der Waals surface area contributed by atoms with E-state index in [1.165, 1.54) is 36.3 Å². The van der Waals surface area contributed by atoms with Crippen LogP contribution in [-0.4, -0.2) is 35.7 Å². The van der Waals surface area contributed by atoms with Crippen LogP contribution < -0.4 is 4.90 Å². The Labute approximate surface area is 124 Å². The van der Waals surface area contributed by atoms with Crippen molar-refractivity contribution in [2.24, 2.45) is 5.92 Å². The van der Waals surface area contributed by atoms with Gasteiger partial charge in [0.05, 0.1) is 13.0 Å². The molecule has 1 saturated heterocycles. The van der Waals surface area contributed by atoms with Crippen LogP contribution in [-0.2, 0) is 14.3 Å². The summed E-state index contributed by atoms with van der Waals surface area (Å²) in [5, 5.41) is 7.65. The minimum atomic E-state index is -0.543. The van der Waals surface area contributed by atoms with Crippen molar-refractivity contribution in [3.8, 4) is 11.5 Å². The Hall–Kier alpha value is -2.77.